The summed E-state index contributed by atoms with van der Waals surface area (Å²) >= 11 is 0. The zero-order valence-electron chi connectivity index (χ0n) is 15.2. The Bertz CT molecular complexity index is 435. The van der Waals surface area contributed by atoms with E-state index in [1.165, 1.54) is 19.3 Å². The van der Waals surface area contributed by atoms with Crippen molar-refractivity contribution in [3.63, 3.8) is 0 Å². The third-order valence-corrected chi connectivity index (χ3v) is 6.52. The second-order valence-corrected chi connectivity index (χ2v) is 8.62. The van der Waals surface area contributed by atoms with Gasteiger partial charge in [0.05, 0.1) is 13.9 Å². The number of amides is 1. The van der Waals surface area contributed by atoms with E-state index in [0.717, 1.165) is 19.3 Å². The van der Waals surface area contributed by atoms with Crippen LogP contribution in [0.5, 0.6) is 0 Å². The summed E-state index contributed by atoms with van der Waals surface area (Å²) in [6, 6.07) is 0.121. The molecule has 1 aliphatic carbocycles. The van der Waals surface area contributed by atoms with Crippen LogP contribution in [-0.2, 0) is 4.74 Å². The molecule has 0 aromatic rings. The Balaban J connectivity index is 2.35. The highest BCUT2D eigenvalue weighted by molar-refractivity contribution is 6.17. The number of hydrogen-bond acceptors (Lipinski definition) is 2. The van der Waals surface area contributed by atoms with E-state index >= 15 is 0 Å². The van der Waals surface area contributed by atoms with Crippen molar-refractivity contribution in [2.45, 2.75) is 90.6 Å². The molecule has 2 rings (SSSR count). The van der Waals surface area contributed by atoms with E-state index in [1.54, 1.807) is 4.90 Å². The largest absolute Gasteiger partial charge is 0.444 e. The van der Waals surface area contributed by atoms with Gasteiger partial charge in [0.1, 0.15) is 6.10 Å². The second-order valence-electron chi connectivity index (χ2n) is 8.62. The summed E-state index contributed by atoms with van der Waals surface area (Å²) in [5.74, 6) is 0. The van der Waals surface area contributed by atoms with E-state index < -0.39 is 5.31 Å². The van der Waals surface area contributed by atoms with Crippen molar-refractivity contribution >= 4 is 13.9 Å². The van der Waals surface area contributed by atoms with Crippen molar-refractivity contribution < 1.29 is 9.53 Å². The highest BCUT2D eigenvalue weighted by Gasteiger charge is 2.63. The molecule has 0 aromatic heterocycles. The second kappa shape index (κ2) is 5.76. The summed E-state index contributed by atoms with van der Waals surface area (Å²) in [5.41, 5.74) is -0.115. The summed E-state index contributed by atoms with van der Waals surface area (Å²) in [4.78, 5) is 13.8. The molecule has 1 heterocycles. The van der Waals surface area contributed by atoms with Gasteiger partial charge in [-0.2, -0.15) is 0 Å². The van der Waals surface area contributed by atoms with Gasteiger partial charge in [0.25, 0.3) is 0 Å². The molecule has 1 saturated heterocycles. The zero-order valence-corrected chi connectivity index (χ0v) is 15.2. The van der Waals surface area contributed by atoms with E-state index in [2.05, 4.69) is 34.6 Å². The fourth-order valence-electron chi connectivity index (χ4n) is 4.78. The van der Waals surface area contributed by atoms with Gasteiger partial charge in [-0.3, -0.25) is 0 Å². The molecule has 1 aliphatic heterocycles. The Labute approximate surface area is 137 Å². The number of ether oxygens (including phenoxy) is 1. The molecular weight excluding hydrogens is 273 g/mol. The van der Waals surface area contributed by atoms with Crippen LogP contribution in [-0.4, -0.2) is 38.0 Å². The Hall–Kier alpha value is -0.665. The Morgan fingerprint density at radius 3 is 2.59 bits per heavy atom. The first-order valence-corrected chi connectivity index (χ1v) is 8.81. The summed E-state index contributed by atoms with van der Waals surface area (Å²) < 4.78 is 5.78. The SMILES string of the molecule is [B]C1(C(C)(C)CCCCC)C2OC(=O)N(C)C2CCC1(C)C. The molecular formula is C18H32BNO2. The van der Waals surface area contributed by atoms with Crippen LogP contribution in [0.3, 0.4) is 0 Å². The third-order valence-electron chi connectivity index (χ3n) is 6.52. The lowest BCUT2D eigenvalue weighted by molar-refractivity contribution is -0.0579. The molecule has 124 valence electrons. The number of fused-ring (bicyclic) bond motifs is 1. The molecule has 1 amide bonds. The standard InChI is InChI=1S/C18H32BNO2/c1-7-8-9-11-16(2,3)18(19)14-13(10-12-17(18,4)5)20(6)15(21)22-14/h13-14H,7-12H2,1-6H3. The van der Waals surface area contributed by atoms with Gasteiger partial charge in [-0.15, -0.1) is 0 Å². The van der Waals surface area contributed by atoms with Crippen molar-refractivity contribution in [2.24, 2.45) is 10.8 Å². The number of unbranched alkanes of at least 4 members (excludes halogenated alkanes) is 2. The fourth-order valence-corrected chi connectivity index (χ4v) is 4.78. The number of likely N-dealkylation sites (N-methyl/N-ethyl adjacent to an activating group) is 1. The first kappa shape index (κ1) is 17.7. The molecule has 1 saturated carbocycles. The minimum Gasteiger partial charge on any atom is -0.444 e. The van der Waals surface area contributed by atoms with Gasteiger partial charge in [0, 0.05) is 7.05 Å². The average Bonchev–Trinajstić information content (AvgIpc) is 2.71. The smallest absolute Gasteiger partial charge is 0.410 e. The number of rotatable bonds is 5. The molecule has 0 N–H and O–H groups in total. The van der Waals surface area contributed by atoms with Crippen LogP contribution in [0.25, 0.3) is 0 Å². The Morgan fingerprint density at radius 1 is 1.36 bits per heavy atom. The molecule has 3 nitrogen and oxygen atoms in total. The van der Waals surface area contributed by atoms with Gasteiger partial charge in [-0.05, 0) is 35.4 Å². The molecule has 2 fully saturated rings. The normalized spacial score (nSPS) is 34.5. The first-order valence-electron chi connectivity index (χ1n) is 8.81. The summed E-state index contributed by atoms with van der Waals surface area (Å²) in [7, 11) is 8.95. The van der Waals surface area contributed by atoms with Crippen molar-refractivity contribution in [3.05, 3.63) is 0 Å². The van der Waals surface area contributed by atoms with Gasteiger partial charge >= 0.3 is 6.09 Å². The quantitative estimate of drug-likeness (QED) is 0.550. The summed E-state index contributed by atoms with van der Waals surface area (Å²) in [6.07, 6.45) is 6.28. The molecule has 0 aromatic carbocycles. The maximum Gasteiger partial charge on any atom is 0.410 e. The van der Waals surface area contributed by atoms with E-state index in [9.17, 15) is 4.79 Å². The van der Waals surface area contributed by atoms with Crippen LogP contribution in [0.4, 0.5) is 4.79 Å². The predicted molar refractivity (Wildman–Crippen MR) is 91.2 cm³/mol. The van der Waals surface area contributed by atoms with Gasteiger partial charge in [-0.25, -0.2) is 4.79 Å². The monoisotopic (exact) mass is 305 g/mol. The van der Waals surface area contributed by atoms with E-state index in [-0.39, 0.29) is 29.1 Å². The molecule has 4 heteroatoms. The number of nitrogens with zero attached hydrogens (tertiary/aromatic N) is 1. The Kier molecular flexibility index (Phi) is 4.63. The Morgan fingerprint density at radius 2 is 2.00 bits per heavy atom. The van der Waals surface area contributed by atoms with E-state index in [1.807, 2.05) is 7.05 Å². The lowest BCUT2D eigenvalue weighted by Crippen LogP contribution is -2.58. The molecule has 3 atom stereocenters. The summed E-state index contributed by atoms with van der Waals surface area (Å²) in [6.45, 7) is 11.2. The molecule has 2 aliphatic rings. The molecule has 2 radical (unpaired) electrons. The van der Waals surface area contributed by atoms with E-state index in [0.29, 0.717) is 0 Å². The van der Waals surface area contributed by atoms with Crippen LogP contribution in [0.2, 0.25) is 5.31 Å². The average molecular weight is 305 g/mol. The summed E-state index contributed by atoms with van der Waals surface area (Å²) in [5, 5.41) is -0.503. The van der Waals surface area contributed by atoms with Crippen molar-refractivity contribution in [1.29, 1.82) is 0 Å². The van der Waals surface area contributed by atoms with Crippen molar-refractivity contribution in [3.8, 4) is 0 Å². The first-order chi connectivity index (χ1) is 10.1. The van der Waals surface area contributed by atoms with E-state index in [4.69, 9.17) is 12.6 Å². The highest BCUT2D eigenvalue weighted by Crippen LogP contribution is 2.66. The van der Waals surface area contributed by atoms with Crippen LogP contribution in [0.1, 0.15) is 73.1 Å². The molecule has 3 unspecified atom stereocenters. The van der Waals surface area contributed by atoms with Crippen LogP contribution >= 0.6 is 0 Å². The lowest BCUT2D eigenvalue weighted by Gasteiger charge is -2.61. The highest BCUT2D eigenvalue weighted by atomic mass is 16.6. The lowest BCUT2D eigenvalue weighted by atomic mass is 9.37. The van der Waals surface area contributed by atoms with Crippen LogP contribution in [0, 0.1) is 10.8 Å². The van der Waals surface area contributed by atoms with Gasteiger partial charge in [-0.1, -0.05) is 53.9 Å². The maximum atomic E-state index is 12.1. The number of carbonyl (C=O) groups is 1. The molecule has 0 bridgehead atoms. The molecule has 22 heavy (non-hydrogen) atoms. The van der Waals surface area contributed by atoms with Crippen molar-refractivity contribution in [2.75, 3.05) is 7.05 Å². The van der Waals surface area contributed by atoms with Crippen LogP contribution in [0.15, 0.2) is 0 Å². The van der Waals surface area contributed by atoms with Crippen molar-refractivity contribution in [1.82, 2.24) is 4.90 Å². The van der Waals surface area contributed by atoms with Gasteiger partial charge in [0.2, 0.25) is 0 Å². The number of carbonyl (C=O) groups excluding carboxylic acids is 1. The maximum absolute atomic E-state index is 12.1. The minimum absolute atomic E-state index is 0.0463. The van der Waals surface area contributed by atoms with Crippen LogP contribution < -0.4 is 0 Å². The third kappa shape index (κ3) is 2.47. The molecule has 0 spiro atoms. The fraction of sp³-hybridized carbons (Fsp3) is 0.944. The van der Waals surface area contributed by atoms with Gasteiger partial charge < -0.3 is 9.64 Å². The predicted octanol–water partition coefficient (Wildman–Crippen LogP) is 4.56. The minimum atomic E-state index is -0.503. The zero-order chi connectivity index (χ0) is 16.8. The van der Waals surface area contributed by atoms with Gasteiger partial charge in [0.15, 0.2) is 0 Å². The number of hydrogen-bond donors (Lipinski definition) is 0. The topological polar surface area (TPSA) is 29.5 Å².